The van der Waals surface area contributed by atoms with Gasteiger partial charge in [-0.15, -0.1) is 0 Å². The van der Waals surface area contributed by atoms with Crippen molar-refractivity contribution in [3.05, 3.63) is 30.0 Å². The van der Waals surface area contributed by atoms with E-state index in [4.69, 9.17) is 5.73 Å². The van der Waals surface area contributed by atoms with Gasteiger partial charge in [0.05, 0.1) is 6.10 Å². The largest absolute Gasteiger partial charge is 0.508 e. The minimum atomic E-state index is -0.565. The quantitative estimate of drug-likeness (QED) is 0.610. The Morgan fingerprint density at radius 1 is 1.33 bits per heavy atom. The van der Waals surface area contributed by atoms with Crippen molar-refractivity contribution in [1.82, 2.24) is 4.98 Å². The Bertz CT molecular complexity index is 465. The van der Waals surface area contributed by atoms with Crippen molar-refractivity contribution in [3.63, 3.8) is 0 Å². The second kappa shape index (κ2) is 3.92. The number of phenolic OH excluding ortho intramolecular Hbond substituents is 1. The highest BCUT2D eigenvalue weighted by Gasteiger charge is 2.09. The molecule has 4 nitrogen and oxygen atoms in total. The molecule has 0 aliphatic heterocycles. The molecule has 0 aliphatic carbocycles. The van der Waals surface area contributed by atoms with Gasteiger partial charge in [0.1, 0.15) is 5.75 Å². The number of aromatic hydroxyl groups is 1. The lowest BCUT2D eigenvalue weighted by atomic mass is 10.2. The number of aliphatic hydroxyl groups excluding tert-OH is 1. The number of fused-ring (bicyclic) bond motifs is 1. The SMILES string of the molecule is NCCC(O)c1cc2cc(O)ccc2[nH]1. The maximum absolute atomic E-state index is 9.72. The van der Waals surface area contributed by atoms with E-state index in [0.29, 0.717) is 13.0 Å². The van der Waals surface area contributed by atoms with Crippen LogP contribution >= 0.6 is 0 Å². The Kier molecular flexibility index (Phi) is 2.62. The Morgan fingerprint density at radius 2 is 2.13 bits per heavy atom. The van der Waals surface area contributed by atoms with Gasteiger partial charge in [0.25, 0.3) is 0 Å². The fraction of sp³-hybridized carbons (Fsp3) is 0.273. The molecule has 0 saturated carbocycles. The van der Waals surface area contributed by atoms with Gasteiger partial charge in [-0.3, -0.25) is 0 Å². The Labute approximate surface area is 87.3 Å². The van der Waals surface area contributed by atoms with Crippen LogP contribution in [0.15, 0.2) is 24.3 Å². The van der Waals surface area contributed by atoms with Gasteiger partial charge in [0, 0.05) is 16.6 Å². The number of nitrogens with one attached hydrogen (secondary N) is 1. The molecule has 2 aromatic rings. The summed E-state index contributed by atoms with van der Waals surface area (Å²) in [7, 11) is 0. The van der Waals surface area contributed by atoms with Crippen LogP contribution < -0.4 is 5.73 Å². The van der Waals surface area contributed by atoms with Crippen molar-refractivity contribution in [2.45, 2.75) is 12.5 Å². The second-order valence-corrected chi connectivity index (χ2v) is 3.59. The number of benzene rings is 1. The van der Waals surface area contributed by atoms with Crippen LogP contribution in [0.25, 0.3) is 10.9 Å². The van der Waals surface area contributed by atoms with Crippen LogP contribution in [-0.2, 0) is 0 Å². The minimum Gasteiger partial charge on any atom is -0.508 e. The van der Waals surface area contributed by atoms with Crippen LogP contribution in [0.4, 0.5) is 0 Å². The number of hydrogen-bond acceptors (Lipinski definition) is 3. The summed E-state index contributed by atoms with van der Waals surface area (Å²) in [4.78, 5) is 3.09. The third-order valence-corrected chi connectivity index (χ3v) is 2.42. The van der Waals surface area contributed by atoms with Crippen molar-refractivity contribution in [1.29, 1.82) is 0 Å². The van der Waals surface area contributed by atoms with E-state index in [2.05, 4.69) is 4.98 Å². The normalized spacial score (nSPS) is 13.2. The molecule has 4 heteroatoms. The summed E-state index contributed by atoms with van der Waals surface area (Å²) in [6.45, 7) is 0.446. The van der Waals surface area contributed by atoms with E-state index in [9.17, 15) is 10.2 Å². The molecule has 1 atom stereocenters. The van der Waals surface area contributed by atoms with Gasteiger partial charge in [-0.1, -0.05) is 0 Å². The summed E-state index contributed by atoms with van der Waals surface area (Å²) in [6, 6.07) is 6.88. The molecule has 1 unspecified atom stereocenters. The van der Waals surface area contributed by atoms with E-state index >= 15 is 0 Å². The molecule has 15 heavy (non-hydrogen) atoms. The molecule has 2 rings (SSSR count). The Hall–Kier alpha value is -1.52. The Morgan fingerprint density at radius 3 is 2.87 bits per heavy atom. The van der Waals surface area contributed by atoms with Gasteiger partial charge in [-0.25, -0.2) is 0 Å². The average molecular weight is 206 g/mol. The molecule has 0 bridgehead atoms. The van der Waals surface area contributed by atoms with Gasteiger partial charge in [-0.05, 0) is 37.2 Å². The summed E-state index contributed by atoms with van der Waals surface area (Å²) in [5, 5.41) is 19.9. The van der Waals surface area contributed by atoms with Gasteiger partial charge in [0.2, 0.25) is 0 Å². The van der Waals surface area contributed by atoms with Crippen LogP contribution in [0.1, 0.15) is 18.2 Å². The molecular weight excluding hydrogens is 192 g/mol. The monoisotopic (exact) mass is 206 g/mol. The summed E-state index contributed by atoms with van der Waals surface area (Å²) < 4.78 is 0. The molecular formula is C11H14N2O2. The van der Waals surface area contributed by atoms with E-state index in [0.717, 1.165) is 16.6 Å². The highest BCUT2D eigenvalue weighted by atomic mass is 16.3. The molecule has 0 saturated heterocycles. The lowest BCUT2D eigenvalue weighted by Crippen LogP contribution is -2.06. The maximum Gasteiger partial charge on any atom is 0.116 e. The van der Waals surface area contributed by atoms with E-state index in [1.807, 2.05) is 6.07 Å². The molecule has 0 aliphatic rings. The number of hydrogen-bond donors (Lipinski definition) is 4. The number of aromatic amines is 1. The lowest BCUT2D eigenvalue weighted by Gasteiger charge is -2.05. The zero-order valence-electron chi connectivity index (χ0n) is 8.27. The van der Waals surface area contributed by atoms with Crippen LogP contribution in [0.3, 0.4) is 0 Å². The van der Waals surface area contributed by atoms with Gasteiger partial charge >= 0.3 is 0 Å². The molecule has 0 fully saturated rings. The molecule has 1 aromatic carbocycles. The number of nitrogens with two attached hydrogens (primary N) is 1. The zero-order chi connectivity index (χ0) is 10.8. The second-order valence-electron chi connectivity index (χ2n) is 3.59. The molecule has 0 amide bonds. The first-order valence-corrected chi connectivity index (χ1v) is 4.90. The third-order valence-electron chi connectivity index (χ3n) is 2.42. The first kappa shape index (κ1) is 10.0. The predicted molar refractivity (Wildman–Crippen MR) is 58.6 cm³/mol. The topological polar surface area (TPSA) is 82.3 Å². The average Bonchev–Trinajstić information content (AvgIpc) is 2.60. The van der Waals surface area contributed by atoms with Gasteiger partial charge in [0.15, 0.2) is 0 Å². The standard InChI is InChI=1S/C11H14N2O2/c12-4-3-11(15)10-6-7-5-8(14)1-2-9(7)13-10/h1-2,5-6,11,13-15H,3-4,12H2. The smallest absolute Gasteiger partial charge is 0.116 e. The zero-order valence-corrected chi connectivity index (χ0v) is 8.27. The molecule has 0 spiro atoms. The fourth-order valence-corrected chi connectivity index (χ4v) is 1.64. The van der Waals surface area contributed by atoms with Crippen molar-refractivity contribution in [3.8, 4) is 5.75 Å². The third kappa shape index (κ3) is 1.95. The van der Waals surface area contributed by atoms with Crippen LogP contribution in [0.5, 0.6) is 5.75 Å². The van der Waals surface area contributed by atoms with Crippen molar-refractivity contribution < 1.29 is 10.2 Å². The van der Waals surface area contributed by atoms with Crippen molar-refractivity contribution in [2.24, 2.45) is 5.73 Å². The number of aliphatic hydroxyl groups is 1. The van der Waals surface area contributed by atoms with E-state index in [-0.39, 0.29) is 5.75 Å². The number of H-pyrrole nitrogens is 1. The summed E-state index contributed by atoms with van der Waals surface area (Å²) in [5.74, 6) is 0.223. The molecule has 0 radical (unpaired) electrons. The van der Waals surface area contributed by atoms with Crippen LogP contribution in [0.2, 0.25) is 0 Å². The molecule has 5 N–H and O–H groups in total. The van der Waals surface area contributed by atoms with Crippen LogP contribution in [-0.4, -0.2) is 21.7 Å². The van der Waals surface area contributed by atoms with Gasteiger partial charge < -0.3 is 20.9 Å². The summed E-state index contributed by atoms with van der Waals surface area (Å²) in [6.07, 6.45) is -0.0386. The predicted octanol–water partition coefficient (Wildman–Crippen LogP) is 1.26. The van der Waals surface area contributed by atoms with E-state index < -0.39 is 6.10 Å². The van der Waals surface area contributed by atoms with Crippen molar-refractivity contribution >= 4 is 10.9 Å². The summed E-state index contributed by atoms with van der Waals surface area (Å²) >= 11 is 0. The van der Waals surface area contributed by atoms with E-state index in [1.54, 1.807) is 18.2 Å². The lowest BCUT2D eigenvalue weighted by molar-refractivity contribution is 0.166. The highest BCUT2D eigenvalue weighted by Crippen LogP contribution is 2.24. The minimum absolute atomic E-state index is 0.223. The first-order chi connectivity index (χ1) is 7.20. The number of rotatable bonds is 3. The van der Waals surface area contributed by atoms with Gasteiger partial charge in [-0.2, -0.15) is 0 Å². The Balaban J connectivity index is 2.38. The number of phenols is 1. The highest BCUT2D eigenvalue weighted by molar-refractivity contribution is 5.81. The molecule has 80 valence electrons. The van der Waals surface area contributed by atoms with E-state index in [1.165, 1.54) is 0 Å². The molecule has 1 heterocycles. The molecule has 1 aromatic heterocycles. The maximum atomic E-state index is 9.72. The summed E-state index contributed by atoms with van der Waals surface area (Å²) in [5.41, 5.74) is 7.01. The van der Waals surface area contributed by atoms with Crippen molar-refractivity contribution in [2.75, 3.05) is 6.54 Å². The number of aromatic nitrogens is 1. The van der Waals surface area contributed by atoms with Crippen LogP contribution in [0, 0.1) is 0 Å². The fourth-order valence-electron chi connectivity index (χ4n) is 1.64. The first-order valence-electron chi connectivity index (χ1n) is 4.90.